The van der Waals surface area contributed by atoms with Crippen molar-refractivity contribution in [2.24, 2.45) is 0 Å². The largest absolute Gasteiger partial charge is 0.462 e. The van der Waals surface area contributed by atoms with E-state index >= 15 is 0 Å². The number of hydrogen-bond donors (Lipinski definition) is 2. The summed E-state index contributed by atoms with van der Waals surface area (Å²) in [5.74, 6) is -0.363. The number of esters is 1. The number of thiophene rings is 1. The third-order valence-corrected chi connectivity index (χ3v) is 5.73. The summed E-state index contributed by atoms with van der Waals surface area (Å²) < 4.78 is 5.10. The van der Waals surface area contributed by atoms with Crippen molar-refractivity contribution in [1.29, 1.82) is 0 Å². The van der Waals surface area contributed by atoms with Gasteiger partial charge in [0.15, 0.2) is 6.04 Å². The van der Waals surface area contributed by atoms with Gasteiger partial charge in [-0.05, 0) is 57.2 Å². The number of nitrogens with one attached hydrogen (secondary N) is 2. The highest BCUT2D eigenvalue weighted by Crippen LogP contribution is 2.20. The van der Waals surface area contributed by atoms with Crippen LogP contribution < -0.4 is 4.90 Å². The second-order valence-corrected chi connectivity index (χ2v) is 7.48. The van der Waals surface area contributed by atoms with E-state index in [9.17, 15) is 9.59 Å². The topological polar surface area (TPSA) is 63.6 Å². The smallest absolute Gasteiger partial charge is 0.340 e. The monoisotopic (exact) mass is 363 g/mol. The first kappa shape index (κ1) is 19.4. The van der Waals surface area contributed by atoms with Gasteiger partial charge in [0, 0.05) is 5.69 Å². The van der Waals surface area contributed by atoms with Crippen LogP contribution in [0.3, 0.4) is 0 Å². The normalized spacial score (nSPS) is 13.5. The number of ether oxygens (including phenoxy) is 1. The molecule has 2 atom stereocenters. The van der Waals surface area contributed by atoms with Gasteiger partial charge in [0.05, 0.1) is 29.8 Å². The second kappa shape index (κ2) is 7.97. The summed E-state index contributed by atoms with van der Waals surface area (Å²) in [5.41, 5.74) is 3.60. The van der Waals surface area contributed by atoms with Gasteiger partial charge in [0.1, 0.15) is 6.54 Å². The molecule has 5 nitrogen and oxygen atoms in total. The first-order valence-corrected chi connectivity index (χ1v) is 9.41. The zero-order valence-corrected chi connectivity index (χ0v) is 16.6. The Kier molecular flexibility index (Phi) is 6.19. The molecule has 25 heavy (non-hydrogen) atoms. The number of likely N-dealkylation sites (N-methyl/N-ethyl adjacent to an activating group) is 1. The minimum Gasteiger partial charge on any atom is -0.462 e. The van der Waals surface area contributed by atoms with Crippen LogP contribution in [-0.4, -0.2) is 36.4 Å². The zero-order chi connectivity index (χ0) is 18.7. The lowest BCUT2D eigenvalue weighted by atomic mass is 10.0. The van der Waals surface area contributed by atoms with E-state index in [1.165, 1.54) is 10.4 Å². The van der Waals surface area contributed by atoms with Crippen molar-refractivity contribution >= 4 is 23.1 Å². The molecule has 136 valence electrons. The molecule has 0 aliphatic rings. The number of hydrogen-bond acceptors (Lipinski definition) is 4. The Hall–Kier alpha value is -1.92. The Morgan fingerprint density at radius 2 is 2.00 bits per heavy atom. The van der Waals surface area contributed by atoms with Crippen molar-refractivity contribution in [3.63, 3.8) is 0 Å². The summed E-state index contributed by atoms with van der Waals surface area (Å²) in [6.07, 6.45) is 0. The molecule has 0 fully saturated rings. The Balaban J connectivity index is 2.20. The van der Waals surface area contributed by atoms with Crippen LogP contribution >= 0.6 is 11.3 Å². The Morgan fingerprint density at radius 1 is 1.32 bits per heavy atom. The summed E-state index contributed by atoms with van der Waals surface area (Å²) in [7, 11) is 2.03. The molecular formula is C19H27N2O3S+. The van der Waals surface area contributed by atoms with Gasteiger partial charge in [-0.3, -0.25) is 4.79 Å². The van der Waals surface area contributed by atoms with Crippen LogP contribution in [0.1, 0.15) is 56.4 Å². The molecule has 2 aromatic heterocycles. The van der Waals surface area contributed by atoms with Gasteiger partial charge < -0.3 is 14.6 Å². The molecule has 0 aliphatic carbocycles. The van der Waals surface area contributed by atoms with E-state index in [-0.39, 0.29) is 17.8 Å². The number of aromatic nitrogens is 1. The second-order valence-electron chi connectivity index (χ2n) is 6.48. The fourth-order valence-corrected chi connectivity index (χ4v) is 3.94. The number of rotatable bonds is 7. The summed E-state index contributed by atoms with van der Waals surface area (Å²) >= 11 is 1.72. The standard InChI is InChI=1S/C19H26N2O3S/c1-7-24-19(23)16-12(3)17(20-13(16)4)18(22)14(5)21(6)10-15-11(2)8-9-25-15/h8-9,14,20H,7,10H2,1-6H3/p+1/t14-/m0/s1. The van der Waals surface area contributed by atoms with E-state index in [1.54, 1.807) is 32.1 Å². The Labute approximate surface area is 153 Å². The molecule has 0 amide bonds. The van der Waals surface area contributed by atoms with E-state index in [0.717, 1.165) is 11.4 Å². The van der Waals surface area contributed by atoms with Crippen molar-refractivity contribution in [3.8, 4) is 0 Å². The van der Waals surface area contributed by atoms with Crippen LogP contribution in [0.2, 0.25) is 0 Å². The molecular weight excluding hydrogens is 336 g/mol. The average molecular weight is 364 g/mol. The van der Waals surface area contributed by atoms with Gasteiger partial charge in [-0.15, -0.1) is 11.3 Å². The van der Waals surface area contributed by atoms with Crippen LogP contribution in [-0.2, 0) is 11.3 Å². The number of carbonyl (C=O) groups is 2. The summed E-state index contributed by atoms with van der Waals surface area (Å²) in [6, 6.07) is 1.89. The number of Topliss-reactive ketones (excluding diaryl/α,β-unsaturated/α-hetero) is 1. The zero-order valence-electron chi connectivity index (χ0n) is 15.8. The molecule has 0 saturated carbocycles. The quantitative estimate of drug-likeness (QED) is 0.587. The lowest BCUT2D eigenvalue weighted by Gasteiger charge is -2.20. The lowest BCUT2D eigenvalue weighted by Crippen LogP contribution is -3.12. The Morgan fingerprint density at radius 3 is 2.56 bits per heavy atom. The van der Waals surface area contributed by atoms with Gasteiger partial charge in [0.2, 0.25) is 5.78 Å². The predicted molar refractivity (Wildman–Crippen MR) is 99.7 cm³/mol. The maximum Gasteiger partial charge on any atom is 0.340 e. The van der Waals surface area contributed by atoms with E-state index in [0.29, 0.717) is 29.1 Å². The maximum absolute atomic E-state index is 13.0. The molecule has 2 N–H and O–H groups in total. The number of carbonyl (C=O) groups excluding carboxylic acids is 2. The molecule has 0 saturated heterocycles. The molecule has 1 unspecified atom stereocenters. The first-order chi connectivity index (χ1) is 11.8. The molecule has 2 rings (SSSR count). The fraction of sp³-hybridized carbons (Fsp3) is 0.474. The number of aromatic amines is 1. The summed E-state index contributed by atoms with van der Waals surface area (Å²) in [6.45, 7) is 10.5. The number of quaternary nitrogens is 1. The van der Waals surface area contributed by atoms with Gasteiger partial charge in [-0.2, -0.15) is 0 Å². The number of aryl methyl sites for hydroxylation is 2. The molecule has 0 radical (unpaired) electrons. The predicted octanol–water partition coefficient (Wildman–Crippen LogP) is 2.46. The van der Waals surface area contributed by atoms with E-state index < -0.39 is 0 Å². The van der Waals surface area contributed by atoms with Crippen LogP contribution in [0.5, 0.6) is 0 Å². The third-order valence-electron chi connectivity index (χ3n) is 4.70. The SMILES string of the molecule is CCOC(=O)c1c(C)[nH]c(C(=O)[C@H](C)[NH+](C)Cc2sccc2C)c1C. The molecule has 0 bridgehead atoms. The minimum absolute atomic E-state index is 0.0165. The van der Waals surface area contributed by atoms with E-state index in [1.807, 2.05) is 14.0 Å². The highest BCUT2D eigenvalue weighted by Gasteiger charge is 2.29. The summed E-state index contributed by atoms with van der Waals surface area (Å²) in [5, 5.41) is 2.08. The van der Waals surface area contributed by atoms with Gasteiger partial charge in [-0.25, -0.2) is 4.79 Å². The molecule has 0 aromatic carbocycles. The van der Waals surface area contributed by atoms with Crippen molar-refractivity contribution in [1.82, 2.24) is 4.98 Å². The fourth-order valence-electron chi connectivity index (χ4n) is 2.94. The average Bonchev–Trinajstić information content (AvgIpc) is 3.09. The molecule has 2 aromatic rings. The lowest BCUT2D eigenvalue weighted by molar-refractivity contribution is -0.907. The highest BCUT2D eigenvalue weighted by atomic mass is 32.1. The third kappa shape index (κ3) is 4.02. The summed E-state index contributed by atoms with van der Waals surface area (Å²) in [4.78, 5) is 30.6. The van der Waals surface area contributed by atoms with E-state index in [2.05, 4.69) is 23.4 Å². The van der Waals surface area contributed by atoms with Gasteiger partial charge in [0.25, 0.3) is 0 Å². The van der Waals surface area contributed by atoms with Crippen LogP contribution in [0.25, 0.3) is 0 Å². The molecule has 2 heterocycles. The first-order valence-electron chi connectivity index (χ1n) is 8.53. The minimum atomic E-state index is -0.379. The number of ketones is 1. The highest BCUT2D eigenvalue weighted by molar-refractivity contribution is 7.10. The van der Waals surface area contributed by atoms with Crippen molar-refractivity contribution in [2.45, 2.75) is 47.2 Å². The van der Waals surface area contributed by atoms with Gasteiger partial charge >= 0.3 is 5.97 Å². The van der Waals surface area contributed by atoms with Crippen LogP contribution in [0, 0.1) is 20.8 Å². The van der Waals surface area contributed by atoms with Crippen LogP contribution in [0.4, 0.5) is 0 Å². The maximum atomic E-state index is 13.0. The van der Waals surface area contributed by atoms with Gasteiger partial charge in [-0.1, -0.05) is 0 Å². The Bertz CT molecular complexity index is 776. The van der Waals surface area contributed by atoms with E-state index in [4.69, 9.17) is 4.74 Å². The van der Waals surface area contributed by atoms with Crippen LogP contribution in [0.15, 0.2) is 11.4 Å². The van der Waals surface area contributed by atoms with Crippen molar-refractivity contribution < 1.29 is 19.2 Å². The molecule has 0 aliphatic heterocycles. The van der Waals surface area contributed by atoms with Crippen molar-refractivity contribution in [3.05, 3.63) is 44.4 Å². The van der Waals surface area contributed by atoms with Crippen molar-refractivity contribution in [2.75, 3.05) is 13.7 Å². The number of H-pyrrole nitrogens is 1. The molecule has 0 spiro atoms. The molecule has 6 heteroatoms.